The fourth-order valence-corrected chi connectivity index (χ4v) is 1.91. The maximum Gasteiger partial charge on any atom is 0.162 e. The molecule has 19 heavy (non-hydrogen) atoms. The fraction of sp³-hybridized carbons (Fsp3) is 0.188. The van der Waals surface area contributed by atoms with Gasteiger partial charge in [0.15, 0.2) is 5.78 Å². The second-order valence-corrected chi connectivity index (χ2v) is 4.75. The van der Waals surface area contributed by atoms with E-state index >= 15 is 0 Å². The number of aryl methyl sites for hydroxylation is 1. The van der Waals surface area contributed by atoms with E-state index in [2.05, 4.69) is 0 Å². The summed E-state index contributed by atoms with van der Waals surface area (Å²) in [6.45, 7) is 3.81. The van der Waals surface area contributed by atoms with E-state index in [1.807, 2.05) is 38.1 Å². The van der Waals surface area contributed by atoms with Gasteiger partial charge in [-0.3, -0.25) is 4.79 Å². The van der Waals surface area contributed by atoms with Gasteiger partial charge in [0.05, 0.1) is 5.02 Å². The van der Waals surface area contributed by atoms with Crippen LogP contribution in [0.25, 0.3) is 0 Å². The first kappa shape index (κ1) is 13.6. The smallest absolute Gasteiger partial charge is 0.162 e. The Hall–Kier alpha value is -1.80. The molecular formula is C16H15ClO2. The van der Waals surface area contributed by atoms with Crippen molar-refractivity contribution in [3.8, 4) is 11.5 Å². The first-order chi connectivity index (χ1) is 9.10. The Morgan fingerprint density at radius 3 is 2.74 bits per heavy atom. The molecule has 0 bridgehead atoms. The van der Waals surface area contributed by atoms with Crippen LogP contribution in [0.2, 0.25) is 5.02 Å². The van der Waals surface area contributed by atoms with Crippen LogP contribution in [0.15, 0.2) is 42.5 Å². The molecule has 3 heteroatoms. The Bertz CT molecular complexity index is 605. The summed E-state index contributed by atoms with van der Waals surface area (Å²) in [5, 5.41) is 0.554. The monoisotopic (exact) mass is 274 g/mol. The number of carbonyl (C=O) groups excluding carboxylic acids is 1. The minimum absolute atomic E-state index is 0.0980. The van der Waals surface area contributed by atoms with Crippen LogP contribution in [0.5, 0.6) is 11.5 Å². The zero-order chi connectivity index (χ0) is 13.8. The fourth-order valence-electron chi connectivity index (χ4n) is 1.75. The molecule has 0 aliphatic rings. The minimum Gasteiger partial charge on any atom is -0.456 e. The van der Waals surface area contributed by atoms with Gasteiger partial charge < -0.3 is 4.74 Å². The molecule has 2 rings (SSSR count). The second kappa shape index (κ2) is 5.89. The van der Waals surface area contributed by atoms with Crippen molar-refractivity contribution in [1.82, 2.24) is 0 Å². The molecule has 0 N–H and O–H groups in total. The Labute approximate surface area is 118 Å². The van der Waals surface area contributed by atoms with Crippen molar-refractivity contribution in [2.75, 3.05) is 0 Å². The molecule has 0 fully saturated rings. The van der Waals surface area contributed by atoms with Crippen molar-refractivity contribution in [1.29, 1.82) is 0 Å². The molecule has 2 aromatic carbocycles. The van der Waals surface area contributed by atoms with Crippen LogP contribution in [0.1, 0.15) is 29.3 Å². The lowest BCUT2D eigenvalue weighted by Crippen LogP contribution is -1.96. The van der Waals surface area contributed by atoms with E-state index in [1.54, 1.807) is 18.2 Å². The summed E-state index contributed by atoms with van der Waals surface area (Å²) >= 11 is 6.08. The molecule has 0 radical (unpaired) electrons. The molecule has 0 atom stereocenters. The number of carbonyl (C=O) groups is 1. The number of hydrogen-bond donors (Lipinski definition) is 0. The van der Waals surface area contributed by atoms with Crippen molar-refractivity contribution < 1.29 is 9.53 Å². The zero-order valence-electron chi connectivity index (χ0n) is 10.9. The zero-order valence-corrected chi connectivity index (χ0v) is 11.7. The van der Waals surface area contributed by atoms with Gasteiger partial charge in [-0.05, 0) is 36.8 Å². The van der Waals surface area contributed by atoms with Crippen LogP contribution < -0.4 is 4.74 Å². The molecule has 2 aromatic rings. The van der Waals surface area contributed by atoms with Crippen LogP contribution in [-0.4, -0.2) is 5.78 Å². The van der Waals surface area contributed by atoms with Gasteiger partial charge in [-0.15, -0.1) is 0 Å². The molecule has 0 aromatic heterocycles. The van der Waals surface area contributed by atoms with Gasteiger partial charge in [-0.25, -0.2) is 0 Å². The molecule has 0 spiro atoms. The number of halogens is 1. The summed E-state index contributed by atoms with van der Waals surface area (Å²) in [6, 6.07) is 12.7. The Kier molecular flexibility index (Phi) is 4.23. The summed E-state index contributed by atoms with van der Waals surface area (Å²) in [7, 11) is 0. The standard InChI is InChI=1S/C16H15ClO2/c1-3-15(18)12-5-4-6-13(10-12)19-16-9-11(2)7-8-14(16)17/h4-10H,3H2,1-2H3. The predicted molar refractivity (Wildman–Crippen MR) is 77.3 cm³/mol. The highest BCUT2D eigenvalue weighted by Crippen LogP contribution is 2.30. The minimum atomic E-state index is 0.0980. The highest BCUT2D eigenvalue weighted by atomic mass is 35.5. The van der Waals surface area contributed by atoms with Gasteiger partial charge in [-0.2, -0.15) is 0 Å². The summed E-state index contributed by atoms with van der Waals surface area (Å²) in [5.74, 6) is 1.32. The van der Waals surface area contributed by atoms with E-state index in [-0.39, 0.29) is 5.78 Å². The highest BCUT2D eigenvalue weighted by molar-refractivity contribution is 6.32. The Morgan fingerprint density at radius 1 is 1.21 bits per heavy atom. The number of ether oxygens (including phenoxy) is 1. The number of benzene rings is 2. The molecule has 0 unspecified atom stereocenters. The van der Waals surface area contributed by atoms with E-state index in [1.165, 1.54) is 0 Å². The lowest BCUT2D eigenvalue weighted by Gasteiger charge is -2.09. The number of hydrogen-bond acceptors (Lipinski definition) is 2. The molecule has 98 valence electrons. The van der Waals surface area contributed by atoms with E-state index in [0.717, 1.165) is 5.56 Å². The first-order valence-electron chi connectivity index (χ1n) is 6.17. The molecule has 0 saturated heterocycles. The third kappa shape index (κ3) is 3.36. The van der Waals surface area contributed by atoms with Gasteiger partial charge in [-0.1, -0.05) is 36.7 Å². The van der Waals surface area contributed by atoms with Crippen LogP contribution in [0.4, 0.5) is 0 Å². The topological polar surface area (TPSA) is 26.3 Å². The number of ketones is 1. The average molecular weight is 275 g/mol. The molecule has 0 aliphatic carbocycles. The molecule has 0 aliphatic heterocycles. The highest BCUT2D eigenvalue weighted by Gasteiger charge is 2.07. The van der Waals surface area contributed by atoms with E-state index in [4.69, 9.17) is 16.3 Å². The summed E-state index contributed by atoms with van der Waals surface area (Å²) in [6.07, 6.45) is 0.481. The summed E-state index contributed by atoms with van der Waals surface area (Å²) < 4.78 is 5.74. The molecular weight excluding hydrogens is 260 g/mol. The van der Waals surface area contributed by atoms with Crippen molar-refractivity contribution in [3.63, 3.8) is 0 Å². The van der Waals surface area contributed by atoms with Gasteiger partial charge in [0.1, 0.15) is 11.5 Å². The van der Waals surface area contributed by atoms with Crippen molar-refractivity contribution >= 4 is 17.4 Å². The predicted octanol–water partition coefficient (Wildman–Crippen LogP) is 5.03. The average Bonchev–Trinajstić information content (AvgIpc) is 2.42. The van der Waals surface area contributed by atoms with Gasteiger partial charge >= 0.3 is 0 Å². The third-order valence-electron chi connectivity index (χ3n) is 2.79. The number of Topliss-reactive ketones (excluding diaryl/α,β-unsaturated/α-hetero) is 1. The van der Waals surface area contributed by atoms with Crippen LogP contribution in [0, 0.1) is 6.92 Å². The third-order valence-corrected chi connectivity index (χ3v) is 3.10. The maximum atomic E-state index is 11.7. The van der Waals surface area contributed by atoms with E-state index in [0.29, 0.717) is 28.5 Å². The lowest BCUT2D eigenvalue weighted by molar-refractivity contribution is 0.0988. The van der Waals surface area contributed by atoms with Gasteiger partial charge in [0.2, 0.25) is 0 Å². The maximum absolute atomic E-state index is 11.7. The molecule has 0 heterocycles. The van der Waals surface area contributed by atoms with Crippen LogP contribution in [-0.2, 0) is 0 Å². The lowest BCUT2D eigenvalue weighted by atomic mass is 10.1. The van der Waals surface area contributed by atoms with Crippen LogP contribution in [0.3, 0.4) is 0 Å². The largest absolute Gasteiger partial charge is 0.456 e. The van der Waals surface area contributed by atoms with Gasteiger partial charge in [0, 0.05) is 12.0 Å². The van der Waals surface area contributed by atoms with E-state index in [9.17, 15) is 4.79 Å². The Morgan fingerprint density at radius 2 is 2.00 bits per heavy atom. The van der Waals surface area contributed by atoms with E-state index < -0.39 is 0 Å². The van der Waals surface area contributed by atoms with Gasteiger partial charge in [0.25, 0.3) is 0 Å². The van der Waals surface area contributed by atoms with Crippen molar-refractivity contribution in [2.45, 2.75) is 20.3 Å². The summed E-state index contributed by atoms with van der Waals surface area (Å²) in [4.78, 5) is 11.7. The van der Waals surface area contributed by atoms with Crippen LogP contribution >= 0.6 is 11.6 Å². The molecule has 0 saturated carbocycles. The second-order valence-electron chi connectivity index (χ2n) is 4.34. The van der Waals surface area contributed by atoms with Crippen molar-refractivity contribution in [3.05, 3.63) is 58.6 Å². The quantitative estimate of drug-likeness (QED) is 0.731. The molecule has 0 amide bonds. The summed E-state index contributed by atoms with van der Waals surface area (Å²) in [5.41, 5.74) is 1.73. The van der Waals surface area contributed by atoms with Crippen molar-refractivity contribution in [2.24, 2.45) is 0 Å². The molecule has 2 nitrogen and oxygen atoms in total. The SMILES string of the molecule is CCC(=O)c1cccc(Oc2cc(C)ccc2Cl)c1. The first-order valence-corrected chi connectivity index (χ1v) is 6.55. The number of rotatable bonds is 4. The normalized spacial score (nSPS) is 10.3. The Balaban J connectivity index is 2.28.